The number of nitrogens with zero attached hydrogens (tertiary/aromatic N) is 1. The van der Waals surface area contributed by atoms with E-state index in [1.54, 1.807) is 6.07 Å². The van der Waals surface area contributed by atoms with E-state index in [9.17, 15) is 4.79 Å². The van der Waals surface area contributed by atoms with Crippen LogP contribution in [0.2, 0.25) is 0 Å². The number of hydrogen-bond donors (Lipinski definition) is 2. The molecule has 2 atom stereocenters. The summed E-state index contributed by atoms with van der Waals surface area (Å²) in [7, 11) is 0. The number of nitrogens with one attached hydrogen (secondary N) is 2. The molecule has 2 aliphatic rings. The predicted molar refractivity (Wildman–Crippen MR) is 95.2 cm³/mol. The van der Waals surface area contributed by atoms with Crippen molar-refractivity contribution in [3.63, 3.8) is 0 Å². The number of rotatable bonds is 4. The highest BCUT2D eigenvalue weighted by Gasteiger charge is 2.27. The summed E-state index contributed by atoms with van der Waals surface area (Å²) in [6.45, 7) is 3.31. The monoisotopic (exact) mass is 347 g/mol. The van der Waals surface area contributed by atoms with Crippen molar-refractivity contribution >= 4 is 29.0 Å². The summed E-state index contributed by atoms with van der Waals surface area (Å²) in [5.74, 6) is -0.310. The molecule has 0 aliphatic carbocycles. The molecular formula is C17H21N3O3S. The zero-order chi connectivity index (χ0) is 16.9. The lowest BCUT2D eigenvalue weighted by molar-refractivity contribution is 0.0389. The topological polar surface area (TPSA) is 72.0 Å². The fourth-order valence-corrected chi connectivity index (χ4v) is 2.96. The van der Waals surface area contributed by atoms with Gasteiger partial charge < -0.3 is 14.8 Å². The van der Waals surface area contributed by atoms with E-state index in [1.807, 2.05) is 25.1 Å². The van der Waals surface area contributed by atoms with Gasteiger partial charge >= 0.3 is 5.97 Å². The maximum absolute atomic E-state index is 12.0. The molecule has 1 saturated heterocycles. The largest absolute Gasteiger partial charge is 0.452 e. The second-order valence-corrected chi connectivity index (χ2v) is 6.37. The second kappa shape index (κ2) is 7.72. The van der Waals surface area contributed by atoms with Gasteiger partial charge in [-0.3, -0.25) is 5.43 Å². The van der Waals surface area contributed by atoms with Crippen molar-refractivity contribution < 1.29 is 14.3 Å². The van der Waals surface area contributed by atoms with Crippen molar-refractivity contribution in [3.05, 3.63) is 35.4 Å². The Hall–Kier alpha value is -1.99. The van der Waals surface area contributed by atoms with Crippen molar-refractivity contribution in [2.24, 2.45) is 5.10 Å². The van der Waals surface area contributed by atoms with Gasteiger partial charge in [-0.05, 0) is 43.6 Å². The van der Waals surface area contributed by atoms with Gasteiger partial charge in [0.25, 0.3) is 0 Å². The number of esters is 1. The van der Waals surface area contributed by atoms with E-state index in [0.29, 0.717) is 29.4 Å². The Labute approximate surface area is 146 Å². The molecule has 0 bridgehead atoms. The lowest BCUT2D eigenvalue weighted by Gasteiger charge is -2.24. The summed E-state index contributed by atoms with van der Waals surface area (Å²) in [5.41, 5.74) is 5.09. The number of cyclic esters (lactones) is 1. The summed E-state index contributed by atoms with van der Waals surface area (Å²) >= 11 is 5.20. The van der Waals surface area contributed by atoms with Gasteiger partial charge in [0.05, 0.1) is 17.4 Å². The van der Waals surface area contributed by atoms with E-state index >= 15 is 0 Å². The fraction of sp³-hybridized carbons (Fsp3) is 0.471. The van der Waals surface area contributed by atoms with E-state index in [-0.39, 0.29) is 18.2 Å². The Kier molecular flexibility index (Phi) is 5.42. The fourth-order valence-electron chi connectivity index (χ4n) is 2.83. The highest BCUT2D eigenvalue weighted by Crippen LogP contribution is 2.21. The smallest absolute Gasteiger partial charge is 0.339 e. The number of carbonyl (C=O) groups excluding carboxylic acids is 1. The van der Waals surface area contributed by atoms with E-state index in [0.717, 1.165) is 25.0 Å². The maximum Gasteiger partial charge on any atom is 0.339 e. The minimum Gasteiger partial charge on any atom is -0.452 e. The molecule has 0 aromatic heterocycles. The molecule has 0 spiro atoms. The lowest BCUT2D eigenvalue weighted by Crippen LogP contribution is -2.39. The van der Waals surface area contributed by atoms with Gasteiger partial charge in [0.1, 0.15) is 6.10 Å². The Morgan fingerprint density at radius 3 is 3.04 bits per heavy atom. The van der Waals surface area contributed by atoms with Gasteiger partial charge in [0.15, 0.2) is 5.11 Å². The van der Waals surface area contributed by atoms with Gasteiger partial charge in [-0.2, -0.15) is 5.10 Å². The first-order valence-corrected chi connectivity index (χ1v) is 8.53. The van der Waals surface area contributed by atoms with Crippen LogP contribution in [-0.2, 0) is 15.9 Å². The quantitative estimate of drug-likeness (QED) is 0.374. The van der Waals surface area contributed by atoms with E-state index in [2.05, 4.69) is 15.8 Å². The van der Waals surface area contributed by atoms with Crippen LogP contribution in [0.5, 0.6) is 0 Å². The van der Waals surface area contributed by atoms with Gasteiger partial charge in [-0.15, -0.1) is 0 Å². The Morgan fingerprint density at radius 2 is 2.25 bits per heavy atom. The predicted octanol–water partition coefficient (Wildman–Crippen LogP) is 1.79. The van der Waals surface area contributed by atoms with Gasteiger partial charge in [-0.1, -0.05) is 18.2 Å². The first kappa shape index (κ1) is 16.9. The average molecular weight is 347 g/mol. The van der Waals surface area contributed by atoms with Crippen molar-refractivity contribution in [2.75, 3.05) is 13.2 Å². The molecule has 7 heteroatoms. The van der Waals surface area contributed by atoms with Gasteiger partial charge in [0.2, 0.25) is 0 Å². The number of carbonyl (C=O) groups is 1. The molecule has 2 N–H and O–H groups in total. The van der Waals surface area contributed by atoms with Crippen LogP contribution >= 0.6 is 12.2 Å². The highest BCUT2D eigenvalue weighted by atomic mass is 32.1. The van der Waals surface area contributed by atoms with Crippen molar-refractivity contribution in [2.45, 2.75) is 38.4 Å². The molecular weight excluding hydrogens is 326 g/mol. The number of hydrazone groups is 1. The molecule has 1 aromatic carbocycles. The molecule has 1 fully saturated rings. The minimum atomic E-state index is -0.374. The Bertz CT molecular complexity index is 656. The van der Waals surface area contributed by atoms with Crippen molar-refractivity contribution in [1.29, 1.82) is 0 Å². The van der Waals surface area contributed by atoms with Crippen molar-refractivity contribution in [3.8, 4) is 0 Å². The Morgan fingerprint density at radius 1 is 1.42 bits per heavy atom. The molecule has 0 radical (unpaired) electrons. The SMILES string of the molecule is CC(=NNC(=S)NC[C@@H]1CCCO1)[C@@H]1Cc2ccccc2C(=O)O1. The maximum atomic E-state index is 12.0. The van der Waals surface area contributed by atoms with Crippen LogP contribution in [0.15, 0.2) is 29.4 Å². The second-order valence-electron chi connectivity index (χ2n) is 5.97. The summed E-state index contributed by atoms with van der Waals surface area (Å²) in [4.78, 5) is 12.0. The summed E-state index contributed by atoms with van der Waals surface area (Å²) in [6, 6.07) is 7.48. The van der Waals surface area contributed by atoms with E-state index < -0.39 is 0 Å². The first-order valence-electron chi connectivity index (χ1n) is 8.12. The number of hydrogen-bond acceptors (Lipinski definition) is 5. The van der Waals surface area contributed by atoms with Crippen LogP contribution in [0.25, 0.3) is 0 Å². The zero-order valence-electron chi connectivity index (χ0n) is 13.6. The summed E-state index contributed by atoms with van der Waals surface area (Å²) in [6.07, 6.45) is 2.61. The third-order valence-electron chi connectivity index (χ3n) is 4.21. The summed E-state index contributed by atoms with van der Waals surface area (Å²) < 4.78 is 11.0. The van der Waals surface area contributed by atoms with Crippen LogP contribution in [0, 0.1) is 0 Å². The standard InChI is InChI=1S/C17H21N3O3S/c1-11(19-20-17(24)18-10-13-6-4-8-22-13)15-9-12-5-2-3-7-14(12)16(21)23-15/h2-3,5,7,13,15H,4,6,8-10H2,1H3,(H2,18,20,24)/t13-,15-/m0/s1. The molecule has 2 aliphatic heterocycles. The summed E-state index contributed by atoms with van der Waals surface area (Å²) in [5, 5.41) is 7.77. The van der Waals surface area contributed by atoms with E-state index in [1.165, 1.54) is 0 Å². The zero-order valence-corrected chi connectivity index (χ0v) is 14.4. The van der Waals surface area contributed by atoms with Gasteiger partial charge in [0, 0.05) is 19.6 Å². The third-order valence-corrected chi connectivity index (χ3v) is 4.44. The number of fused-ring (bicyclic) bond motifs is 1. The molecule has 3 rings (SSSR count). The van der Waals surface area contributed by atoms with Gasteiger partial charge in [-0.25, -0.2) is 4.79 Å². The van der Waals surface area contributed by atoms with Crippen molar-refractivity contribution in [1.82, 2.24) is 10.7 Å². The highest BCUT2D eigenvalue weighted by molar-refractivity contribution is 7.80. The molecule has 24 heavy (non-hydrogen) atoms. The molecule has 2 heterocycles. The molecule has 0 amide bonds. The van der Waals surface area contributed by atoms with Crippen LogP contribution in [0.3, 0.4) is 0 Å². The lowest BCUT2D eigenvalue weighted by atomic mass is 9.97. The number of benzene rings is 1. The first-order chi connectivity index (χ1) is 11.6. The Balaban J connectivity index is 1.52. The minimum absolute atomic E-state index is 0.214. The van der Waals surface area contributed by atoms with Crippen LogP contribution in [-0.4, -0.2) is 42.2 Å². The molecule has 0 unspecified atom stereocenters. The van der Waals surface area contributed by atoms with Crippen LogP contribution in [0.4, 0.5) is 0 Å². The number of thiocarbonyl (C=S) groups is 1. The average Bonchev–Trinajstić information content (AvgIpc) is 3.11. The third kappa shape index (κ3) is 4.10. The molecule has 1 aromatic rings. The molecule has 6 nitrogen and oxygen atoms in total. The van der Waals surface area contributed by atoms with E-state index in [4.69, 9.17) is 21.7 Å². The van der Waals surface area contributed by atoms with Crippen LogP contribution in [0.1, 0.15) is 35.7 Å². The molecule has 0 saturated carbocycles. The molecule has 128 valence electrons. The normalized spacial score (nSPS) is 23.4. The van der Waals surface area contributed by atoms with Crippen LogP contribution < -0.4 is 10.7 Å². The number of ether oxygens (including phenoxy) is 2.